The molecule has 0 fully saturated rings. The van der Waals surface area contributed by atoms with Crippen LogP contribution in [0.1, 0.15) is 29.6 Å². The lowest BCUT2D eigenvalue weighted by atomic mass is 10.2. The molecule has 0 aliphatic rings. The number of nitrogens with one attached hydrogen (secondary N) is 1. The molecule has 0 aliphatic heterocycles. The third kappa shape index (κ3) is 6.28. The van der Waals surface area contributed by atoms with E-state index in [0.29, 0.717) is 6.42 Å². The fourth-order valence-electron chi connectivity index (χ4n) is 1.38. The summed E-state index contributed by atoms with van der Waals surface area (Å²) in [5, 5.41) is 11.5. The molecule has 0 radical (unpaired) electrons. The van der Waals surface area contributed by atoms with E-state index in [1.807, 2.05) is 0 Å². The molecule has 0 amide bonds. The van der Waals surface area contributed by atoms with Crippen molar-refractivity contribution in [3.05, 3.63) is 22.8 Å². The van der Waals surface area contributed by atoms with Crippen LogP contribution < -0.4 is 5.32 Å². The van der Waals surface area contributed by atoms with Crippen LogP contribution in [0.15, 0.2) is 12.1 Å². The summed E-state index contributed by atoms with van der Waals surface area (Å²) in [7, 11) is 0. The zero-order chi connectivity index (χ0) is 14.5. The Bertz CT molecular complexity index is 452. The van der Waals surface area contributed by atoms with Gasteiger partial charge in [-0.3, -0.25) is 0 Å². The maximum absolute atomic E-state index is 11.9. The molecule has 0 aliphatic carbocycles. The monoisotopic (exact) mass is 296 g/mol. The predicted octanol–water partition coefficient (Wildman–Crippen LogP) is 3.58. The number of aromatic carboxylic acids is 1. The topological polar surface area (TPSA) is 62.2 Å². The zero-order valence-electron chi connectivity index (χ0n) is 9.80. The van der Waals surface area contributed by atoms with Crippen LogP contribution in [-0.2, 0) is 0 Å². The second-order valence-electron chi connectivity index (χ2n) is 3.87. The third-order valence-corrected chi connectivity index (χ3v) is 2.43. The fraction of sp³-hybridized carbons (Fsp3) is 0.455. The molecule has 1 rings (SSSR count). The average molecular weight is 297 g/mol. The van der Waals surface area contributed by atoms with Gasteiger partial charge in [-0.15, -0.1) is 0 Å². The zero-order valence-corrected chi connectivity index (χ0v) is 10.6. The largest absolute Gasteiger partial charge is 0.478 e. The average Bonchev–Trinajstić information content (AvgIpc) is 2.26. The number of alkyl halides is 3. The molecule has 8 heteroatoms. The number of hydrogen-bond acceptors (Lipinski definition) is 3. The molecular formula is C11H12ClF3N2O2. The van der Waals surface area contributed by atoms with Crippen molar-refractivity contribution in [3.63, 3.8) is 0 Å². The first-order valence-electron chi connectivity index (χ1n) is 5.49. The van der Waals surface area contributed by atoms with Crippen molar-refractivity contribution >= 4 is 23.4 Å². The van der Waals surface area contributed by atoms with E-state index in [0.717, 1.165) is 0 Å². The normalized spacial score (nSPS) is 11.4. The first-order valence-corrected chi connectivity index (χ1v) is 5.87. The molecule has 0 unspecified atom stereocenters. The number of anilines is 1. The van der Waals surface area contributed by atoms with Gasteiger partial charge in [0.25, 0.3) is 0 Å². The Balaban J connectivity index is 2.43. The Morgan fingerprint density at radius 1 is 1.37 bits per heavy atom. The van der Waals surface area contributed by atoms with Crippen molar-refractivity contribution in [1.29, 1.82) is 0 Å². The van der Waals surface area contributed by atoms with Crippen LogP contribution in [0, 0.1) is 0 Å². The maximum atomic E-state index is 11.9. The van der Waals surface area contributed by atoms with E-state index in [1.165, 1.54) is 12.1 Å². The minimum Gasteiger partial charge on any atom is -0.478 e. The minimum absolute atomic E-state index is 0.00283. The number of nitrogens with zero attached hydrogens (tertiary/aromatic N) is 1. The Labute approximate surface area is 112 Å². The predicted molar refractivity (Wildman–Crippen MR) is 64.6 cm³/mol. The molecule has 0 aromatic carbocycles. The van der Waals surface area contributed by atoms with Crippen LogP contribution >= 0.6 is 11.6 Å². The number of unbranched alkanes of at least 4 members (excludes halogenated alkanes) is 1. The maximum Gasteiger partial charge on any atom is 0.389 e. The first kappa shape index (κ1) is 15.6. The van der Waals surface area contributed by atoms with E-state index in [4.69, 9.17) is 16.7 Å². The Morgan fingerprint density at radius 3 is 2.63 bits per heavy atom. The number of aromatic nitrogens is 1. The summed E-state index contributed by atoms with van der Waals surface area (Å²) in [5.74, 6) is -0.915. The van der Waals surface area contributed by atoms with Gasteiger partial charge in [0.05, 0.1) is 5.56 Å². The van der Waals surface area contributed by atoms with Crippen molar-refractivity contribution in [2.24, 2.45) is 0 Å². The molecule has 1 aromatic heterocycles. The molecule has 0 bridgehead atoms. The molecule has 1 aromatic rings. The van der Waals surface area contributed by atoms with Crippen molar-refractivity contribution < 1.29 is 23.1 Å². The molecule has 2 N–H and O–H groups in total. The molecule has 106 valence electrons. The summed E-state index contributed by atoms with van der Waals surface area (Å²) >= 11 is 5.63. The molecule has 4 nitrogen and oxygen atoms in total. The number of hydrogen-bond donors (Lipinski definition) is 2. The Kier molecular flexibility index (Phi) is 5.41. The highest BCUT2D eigenvalue weighted by molar-refractivity contribution is 6.29. The van der Waals surface area contributed by atoms with Gasteiger partial charge in [0.15, 0.2) is 0 Å². The second kappa shape index (κ2) is 6.60. The van der Waals surface area contributed by atoms with Crippen LogP contribution in [0.5, 0.6) is 0 Å². The molecule has 19 heavy (non-hydrogen) atoms. The van der Waals surface area contributed by atoms with E-state index >= 15 is 0 Å². The van der Waals surface area contributed by atoms with Crippen molar-refractivity contribution in [2.45, 2.75) is 25.4 Å². The SMILES string of the molecule is O=C(O)c1cc(Cl)nc(NCCCCC(F)(F)F)c1. The van der Waals surface area contributed by atoms with E-state index in [2.05, 4.69) is 10.3 Å². The van der Waals surface area contributed by atoms with Crippen molar-refractivity contribution in [1.82, 2.24) is 4.98 Å². The van der Waals surface area contributed by atoms with Gasteiger partial charge in [-0.1, -0.05) is 11.6 Å². The Morgan fingerprint density at radius 2 is 2.05 bits per heavy atom. The van der Waals surface area contributed by atoms with Crippen LogP contribution in [0.4, 0.5) is 19.0 Å². The van der Waals surface area contributed by atoms with Crippen molar-refractivity contribution in [2.75, 3.05) is 11.9 Å². The molecule has 0 atom stereocenters. The highest BCUT2D eigenvalue weighted by Gasteiger charge is 2.25. The summed E-state index contributed by atoms with van der Waals surface area (Å²) in [5.41, 5.74) is -0.0298. The van der Waals surface area contributed by atoms with Gasteiger partial charge in [0.2, 0.25) is 0 Å². The van der Waals surface area contributed by atoms with Gasteiger partial charge in [0.1, 0.15) is 11.0 Å². The second-order valence-corrected chi connectivity index (χ2v) is 4.26. The summed E-state index contributed by atoms with van der Waals surface area (Å²) in [4.78, 5) is 14.6. The summed E-state index contributed by atoms with van der Waals surface area (Å²) < 4.78 is 35.7. The van der Waals surface area contributed by atoms with Gasteiger partial charge in [-0.2, -0.15) is 13.2 Å². The smallest absolute Gasteiger partial charge is 0.389 e. The lowest BCUT2D eigenvalue weighted by Crippen LogP contribution is -2.09. The number of rotatable bonds is 6. The van der Waals surface area contributed by atoms with Crippen molar-refractivity contribution in [3.8, 4) is 0 Å². The molecule has 0 saturated heterocycles. The van der Waals surface area contributed by atoms with Gasteiger partial charge < -0.3 is 10.4 Å². The molecule has 0 saturated carbocycles. The number of carboxylic acids is 1. The number of pyridine rings is 1. The minimum atomic E-state index is -4.15. The third-order valence-electron chi connectivity index (χ3n) is 2.23. The summed E-state index contributed by atoms with van der Waals surface area (Å²) in [6.45, 7) is 0.266. The number of carboxylic acid groups (broad SMARTS) is 1. The van der Waals surface area contributed by atoms with E-state index in [9.17, 15) is 18.0 Å². The standard InChI is InChI=1S/C11H12ClF3N2O2/c12-8-5-7(10(18)19)6-9(17-8)16-4-2-1-3-11(13,14)15/h5-6H,1-4H2,(H,16,17)(H,18,19). The lowest BCUT2D eigenvalue weighted by Gasteiger charge is -2.08. The van der Waals surface area contributed by atoms with Gasteiger partial charge in [0, 0.05) is 13.0 Å². The van der Waals surface area contributed by atoms with Crippen LogP contribution in [0.3, 0.4) is 0 Å². The lowest BCUT2D eigenvalue weighted by molar-refractivity contribution is -0.135. The summed E-state index contributed by atoms with van der Waals surface area (Å²) in [6.07, 6.45) is -4.68. The van der Waals surface area contributed by atoms with Gasteiger partial charge in [-0.05, 0) is 25.0 Å². The molecular weight excluding hydrogens is 285 g/mol. The van der Waals surface area contributed by atoms with Crippen LogP contribution in [0.25, 0.3) is 0 Å². The quantitative estimate of drug-likeness (QED) is 0.622. The summed E-state index contributed by atoms with van der Waals surface area (Å²) in [6, 6.07) is 2.47. The molecule has 1 heterocycles. The molecule has 0 spiro atoms. The fourth-order valence-corrected chi connectivity index (χ4v) is 1.59. The first-order chi connectivity index (χ1) is 8.78. The van der Waals surface area contributed by atoms with E-state index in [1.54, 1.807) is 0 Å². The number of halogens is 4. The Hall–Kier alpha value is -1.50. The van der Waals surface area contributed by atoms with Gasteiger partial charge in [-0.25, -0.2) is 9.78 Å². The van der Waals surface area contributed by atoms with Crippen LogP contribution in [-0.4, -0.2) is 28.8 Å². The highest BCUT2D eigenvalue weighted by Crippen LogP contribution is 2.22. The highest BCUT2D eigenvalue weighted by atomic mass is 35.5. The van der Waals surface area contributed by atoms with Crippen LogP contribution in [0.2, 0.25) is 5.15 Å². The van der Waals surface area contributed by atoms with E-state index in [-0.39, 0.29) is 29.5 Å². The van der Waals surface area contributed by atoms with E-state index < -0.39 is 18.6 Å². The van der Waals surface area contributed by atoms with Gasteiger partial charge >= 0.3 is 12.1 Å². The number of carbonyl (C=O) groups is 1.